The molecule has 0 bridgehead atoms. The lowest BCUT2D eigenvalue weighted by Gasteiger charge is -2.19. The Morgan fingerprint density at radius 3 is 3.40 bits per heavy atom. The fourth-order valence-corrected chi connectivity index (χ4v) is 0.878. The smallest absolute Gasteiger partial charge is 0.132 e. The lowest BCUT2D eigenvalue weighted by molar-refractivity contribution is 0.741. The van der Waals surface area contributed by atoms with Gasteiger partial charge in [0.05, 0.1) is 6.54 Å². The van der Waals surface area contributed by atoms with Crippen LogP contribution in [0.2, 0.25) is 0 Å². The van der Waals surface area contributed by atoms with Crippen molar-refractivity contribution in [3.05, 3.63) is 43.2 Å². The van der Waals surface area contributed by atoms with E-state index in [1.54, 1.807) is 6.54 Å². The van der Waals surface area contributed by atoms with Crippen molar-refractivity contribution in [3.8, 4) is 0 Å². The Kier molecular flexibility index (Phi) is 1.17. The van der Waals surface area contributed by atoms with Crippen LogP contribution in [-0.4, -0.2) is 10.7 Å². The van der Waals surface area contributed by atoms with Crippen molar-refractivity contribution in [3.63, 3.8) is 0 Å². The molecule has 0 aromatic heterocycles. The molecule has 2 heteroatoms. The van der Waals surface area contributed by atoms with Crippen LogP contribution in [-0.2, 0) is 0 Å². The molecule has 0 spiro atoms. The Morgan fingerprint density at radius 2 is 2.50 bits per heavy atom. The highest BCUT2D eigenvalue weighted by Gasteiger charge is 2.06. The van der Waals surface area contributed by atoms with Crippen molar-refractivity contribution >= 4 is 5.84 Å². The molecular formula is C8H6N2. The summed E-state index contributed by atoms with van der Waals surface area (Å²) >= 11 is 0. The van der Waals surface area contributed by atoms with Gasteiger partial charge >= 0.3 is 0 Å². The molecule has 2 nitrogen and oxygen atoms in total. The number of amidine groups is 1. The van der Waals surface area contributed by atoms with E-state index in [4.69, 9.17) is 0 Å². The van der Waals surface area contributed by atoms with E-state index in [0.717, 1.165) is 5.84 Å². The molecule has 0 saturated heterocycles. The minimum absolute atomic E-state index is 0.946. The third-order valence-electron chi connectivity index (χ3n) is 1.35. The summed E-state index contributed by atoms with van der Waals surface area (Å²) in [5, 5.41) is 0. The van der Waals surface area contributed by atoms with Gasteiger partial charge < -0.3 is 4.90 Å². The minimum Gasteiger partial charge on any atom is -0.309 e. The SMILES string of the molecule is [C]1=CN2C=C[CH]N=C2C=C1. The Morgan fingerprint density at radius 1 is 1.50 bits per heavy atom. The van der Waals surface area contributed by atoms with Crippen LogP contribution in [0, 0.1) is 12.6 Å². The van der Waals surface area contributed by atoms with Gasteiger partial charge in [0.15, 0.2) is 0 Å². The first-order chi connectivity index (χ1) is 4.97. The van der Waals surface area contributed by atoms with E-state index in [9.17, 15) is 0 Å². The van der Waals surface area contributed by atoms with E-state index in [1.165, 1.54) is 0 Å². The number of hydrogen-bond donors (Lipinski definition) is 0. The zero-order valence-electron chi connectivity index (χ0n) is 5.36. The molecule has 2 heterocycles. The summed E-state index contributed by atoms with van der Waals surface area (Å²) in [6, 6.07) is 0. The maximum atomic E-state index is 4.12. The van der Waals surface area contributed by atoms with Crippen LogP contribution in [0.1, 0.15) is 0 Å². The van der Waals surface area contributed by atoms with Crippen LogP contribution in [0.4, 0.5) is 0 Å². The lowest BCUT2D eigenvalue weighted by atomic mass is 10.3. The van der Waals surface area contributed by atoms with Crippen LogP contribution in [0.3, 0.4) is 0 Å². The summed E-state index contributed by atoms with van der Waals surface area (Å²) in [5.41, 5.74) is 0. The molecule has 0 fully saturated rings. The predicted molar refractivity (Wildman–Crippen MR) is 39.7 cm³/mol. The van der Waals surface area contributed by atoms with Crippen molar-refractivity contribution in [2.75, 3.05) is 0 Å². The van der Waals surface area contributed by atoms with Gasteiger partial charge in [-0.25, -0.2) is 0 Å². The third kappa shape index (κ3) is 0.778. The number of rotatable bonds is 0. The Bertz CT molecular complexity index is 246. The van der Waals surface area contributed by atoms with E-state index >= 15 is 0 Å². The first-order valence-electron chi connectivity index (χ1n) is 3.09. The van der Waals surface area contributed by atoms with Crippen LogP contribution < -0.4 is 0 Å². The van der Waals surface area contributed by atoms with Crippen molar-refractivity contribution in [2.24, 2.45) is 4.99 Å². The van der Waals surface area contributed by atoms with Crippen LogP contribution in [0.25, 0.3) is 0 Å². The first-order valence-corrected chi connectivity index (χ1v) is 3.09. The number of aliphatic imine (C=N–C) groups is 1. The average Bonchev–Trinajstić information content (AvgIpc) is 2.05. The van der Waals surface area contributed by atoms with Crippen molar-refractivity contribution < 1.29 is 0 Å². The second kappa shape index (κ2) is 2.14. The summed E-state index contributed by atoms with van der Waals surface area (Å²) < 4.78 is 0. The Hall–Kier alpha value is -1.31. The summed E-state index contributed by atoms with van der Waals surface area (Å²) in [7, 11) is 0. The van der Waals surface area contributed by atoms with Gasteiger partial charge in [0.1, 0.15) is 5.84 Å². The van der Waals surface area contributed by atoms with Gasteiger partial charge in [0.25, 0.3) is 0 Å². The number of allylic oxidation sites excluding steroid dienone is 2. The molecule has 2 radical (unpaired) electrons. The highest BCUT2D eigenvalue weighted by atomic mass is 15.2. The first kappa shape index (κ1) is 5.47. The molecule has 0 aromatic carbocycles. The van der Waals surface area contributed by atoms with E-state index in [2.05, 4.69) is 11.1 Å². The lowest BCUT2D eigenvalue weighted by Crippen LogP contribution is -2.21. The van der Waals surface area contributed by atoms with Crippen molar-refractivity contribution in [1.29, 1.82) is 0 Å². The van der Waals surface area contributed by atoms with E-state index in [-0.39, 0.29) is 0 Å². The van der Waals surface area contributed by atoms with E-state index in [0.29, 0.717) is 0 Å². The molecule has 0 aromatic rings. The molecule has 0 amide bonds. The molecule has 0 atom stereocenters. The largest absolute Gasteiger partial charge is 0.309 e. The van der Waals surface area contributed by atoms with Crippen molar-refractivity contribution in [1.82, 2.24) is 4.90 Å². The number of fused-ring (bicyclic) bond motifs is 1. The molecule has 0 aliphatic carbocycles. The Labute approximate surface area is 59.9 Å². The molecular weight excluding hydrogens is 124 g/mol. The van der Waals surface area contributed by atoms with Gasteiger partial charge in [-0.1, -0.05) is 0 Å². The third-order valence-corrected chi connectivity index (χ3v) is 1.35. The topological polar surface area (TPSA) is 15.6 Å². The highest BCUT2D eigenvalue weighted by Crippen LogP contribution is 2.08. The maximum Gasteiger partial charge on any atom is 0.132 e. The second-order valence-electron chi connectivity index (χ2n) is 2.01. The molecule has 2 rings (SSSR count). The van der Waals surface area contributed by atoms with Crippen LogP contribution in [0.15, 0.2) is 35.6 Å². The minimum atomic E-state index is 0.946. The fraction of sp³-hybridized carbons (Fsp3) is 0. The van der Waals surface area contributed by atoms with Gasteiger partial charge in [-0.2, -0.15) is 0 Å². The van der Waals surface area contributed by atoms with Gasteiger partial charge in [0, 0.05) is 12.4 Å². The summed E-state index contributed by atoms with van der Waals surface area (Å²) in [6.07, 6.45) is 12.4. The Balaban J connectivity index is 2.33. The average molecular weight is 130 g/mol. The van der Waals surface area contributed by atoms with Gasteiger partial charge in [-0.05, 0) is 24.3 Å². The summed E-state index contributed by atoms with van der Waals surface area (Å²) in [4.78, 5) is 6.04. The van der Waals surface area contributed by atoms with Crippen LogP contribution in [0.5, 0.6) is 0 Å². The van der Waals surface area contributed by atoms with Gasteiger partial charge in [-0.3, -0.25) is 4.99 Å². The molecule has 2 aliphatic rings. The summed E-state index contributed by atoms with van der Waals surface area (Å²) in [6.45, 7) is 1.77. The van der Waals surface area contributed by atoms with E-state index in [1.807, 2.05) is 35.5 Å². The number of nitrogens with zero attached hydrogens (tertiary/aromatic N) is 2. The molecule has 2 aliphatic heterocycles. The monoisotopic (exact) mass is 130 g/mol. The molecule has 0 saturated carbocycles. The van der Waals surface area contributed by atoms with Crippen LogP contribution >= 0.6 is 0 Å². The highest BCUT2D eigenvalue weighted by molar-refractivity contribution is 5.96. The predicted octanol–water partition coefficient (Wildman–Crippen LogP) is 1.26. The van der Waals surface area contributed by atoms with Gasteiger partial charge in [0.2, 0.25) is 0 Å². The standard InChI is InChI=1S/C8H6N2/c1-2-6-10-7-3-5-9-8(10)4-1/h1,3-7H. The maximum absolute atomic E-state index is 4.12. The zero-order chi connectivity index (χ0) is 6.81. The fourth-order valence-electron chi connectivity index (χ4n) is 0.878. The second-order valence-corrected chi connectivity index (χ2v) is 2.01. The molecule has 0 N–H and O–H groups in total. The summed E-state index contributed by atoms with van der Waals surface area (Å²) in [5.74, 6) is 0.946. The molecule has 48 valence electrons. The quantitative estimate of drug-likeness (QED) is 0.482. The molecule has 10 heavy (non-hydrogen) atoms. The van der Waals surface area contributed by atoms with Gasteiger partial charge in [-0.15, -0.1) is 0 Å². The zero-order valence-corrected chi connectivity index (χ0v) is 5.36. The normalized spacial score (nSPS) is 20.8. The van der Waals surface area contributed by atoms with E-state index < -0.39 is 0 Å². The van der Waals surface area contributed by atoms with Crippen molar-refractivity contribution in [2.45, 2.75) is 0 Å². The molecule has 0 unspecified atom stereocenters. The number of hydrogen-bond acceptors (Lipinski definition) is 2.